The fraction of sp³-hybridized carbons (Fsp3) is 0.0714. The highest BCUT2D eigenvalue weighted by Crippen LogP contribution is 2.26. The van der Waals surface area contributed by atoms with Gasteiger partial charge < -0.3 is 4.98 Å². The van der Waals surface area contributed by atoms with Crippen LogP contribution in [0.15, 0.2) is 42.6 Å². The van der Waals surface area contributed by atoms with Gasteiger partial charge in [0.15, 0.2) is 0 Å². The second-order valence-electron chi connectivity index (χ2n) is 4.09. The molecule has 0 aliphatic heterocycles. The number of aryl methyl sites for hydroxylation is 1. The molecule has 0 spiro atoms. The van der Waals surface area contributed by atoms with Crippen LogP contribution < -0.4 is 0 Å². The molecule has 0 aliphatic rings. The number of nitrogens with zero attached hydrogens (tertiary/aromatic N) is 1. The van der Waals surface area contributed by atoms with E-state index in [1.54, 1.807) is 6.20 Å². The van der Waals surface area contributed by atoms with E-state index in [1.807, 2.05) is 18.2 Å². The Bertz CT molecular complexity index is 686. The SMILES string of the molecule is Cc1ccccc1-c1cc2cnc(Cl)cc2[nH]1. The van der Waals surface area contributed by atoms with E-state index in [2.05, 4.69) is 35.1 Å². The van der Waals surface area contributed by atoms with Gasteiger partial charge in [0.25, 0.3) is 0 Å². The number of aromatic nitrogens is 2. The average molecular weight is 243 g/mol. The van der Waals surface area contributed by atoms with Gasteiger partial charge >= 0.3 is 0 Å². The number of fused-ring (bicyclic) bond motifs is 1. The molecule has 1 N–H and O–H groups in total. The highest BCUT2D eigenvalue weighted by atomic mass is 35.5. The van der Waals surface area contributed by atoms with E-state index in [-0.39, 0.29) is 0 Å². The zero-order valence-electron chi connectivity index (χ0n) is 9.37. The van der Waals surface area contributed by atoms with Crippen molar-refractivity contribution in [2.24, 2.45) is 0 Å². The maximum atomic E-state index is 5.87. The average Bonchev–Trinajstić information content (AvgIpc) is 2.72. The fourth-order valence-electron chi connectivity index (χ4n) is 2.02. The Kier molecular flexibility index (Phi) is 2.37. The van der Waals surface area contributed by atoms with Gasteiger partial charge in [0.2, 0.25) is 0 Å². The summed E-state index contributed by atoms with van der Waals surface area (Å²) in [5.41, 5.74) is 4.57. The summed E-state index contributed by atoms with van der Waals surface area (Å²) in [5, 5.41) is 1.59. The lowest BCUT2D eigenvalue weighted by Crippen LogP contribution is -1.81. The minimum Gasteiger partial charge on any atom is -0.354 e. The smallest absolute Gasteiger partial charge is 0.131 e. The van der Waals surface area contributed by atoms with Crippen molar-refractivity contribution >= 4 is 22.5 Å². The van der Waals surface area contributed by atoms with E-state index in [9.17, 15) is 0 Å². The van der Waals surface area contributed by atoms with E-state index in [0.29, 0.717) is 5.15 Å². The van der Waals surface area contributed by atoms with Crippen molar-refractivity contribution in [3.63, 3.8) is 0 Å². The van der Waals surface area contributed by atoms with Gasteiger partial charge in [-0.3, -0.25) is 0 Å². The van der Waals surface area contributed by atoms with Gasteiger partial charge in [-0.05, 0) is 24.6 Å². The van der Waals surface area contributed by atoms with Crippen molar-refractivity contribution in [2.75, 3.05) is 0 Å². The minimum absolute atomic E-state index is 0.510. The Morgan fingerprint density at radius 3 is 2.82 bits per heavy atom. The predicted molar refractivity (Wildman–Crippen MR) is 71.3 cm³/mol. The summed E-state index contributed by atoms with van der Waals surface area (Å²) < 4.78 is 0. The van der Waals surface area contributed by atoms with Crippen LogP contribution in [0.4, 0.5) is 0 Å². The van der Waals surface area contributed by atoms with Crippen LogP contribution in [-0.2, 0) is 0 Å². The molecule has 0 saturated carbocycles. The molecule has 2 nitrogen and oxygen atoms in total. The highest BCUT2D eigenvalue weighted by molar-refractivity contribution is 6.30. The molecule has 0 bridgehead atoms. The number of pyridine rings is 1. The number of aromatic amines is 1. The van der Waals surface area contributed by atoms with Gasteiger partial charge in [-0.1, -0.05) is 35.9 Å². The standard InChI is InChI=1S/C14H11ClN2/c1-9-4-2-3-5-11(9)13-6-10-8-16-14(15)7-12(10)17-13/h2-8,17H,1H3. The van der Waals surface area contributed by atoms with Crippen LogP contribution in [0.1, 0.15) is 5.56 Å². The molecule has 0 amide bonds. The van der Waals surface area contributed by atoms with Crippen LogP contribution in [0.2, 0.25) is 5.15 Å². The number of benzene rings is 1. The van der Waals surface area contributed by atoms with Gasteiger partial charge in [-0.25, -0.2) is 4.98 Å². The largest absolute Gasteiger partial charge is 0.354 e. The lowest BCUT2D eigenvalue weighted by molar-refractivity contribution is 1.35. The van der Waals surface area contributed by atoms with Crippen LogP contribution in [0.3, 0.4) is 0 Å². The Labute approximate surface area is 104 Å². The molecule has 0 atom stereocenters. The second-order valence-corrected chi connectivity index (χ2v) is 4.48. The third-order valence-electron chi connectivity index (χ3n) is 2.91. The zero-order chi connectivity index (χ0) is 11.8. The summed E-state index contributed by atoms with van der Waals surface area (Å²) in [6.07, 6.45) is 1.79. The highest BCUT2D eigenvalue weighted by Gasteiger charge is 2.05. The number of hydrogen-bond acceptors (Lipinski definition) is 1. The molecule has 0 aliphatic carbocycles. The summed E-state index contributed by atoms with van der Waals surface area (Å²) >= 11 is 5.87. The van der Waals surface area contributed by atoms with Crippen LogP contribution in [0, 0.1) is 6.92 Å². The summed E-state index contributed by atoms with van der Waals surface area (Å²) in [5.74, 6) is 0. The maximum absolute atomic E-state index is 5.87. The quantitative estimate of drug-likeness (QED) is 0.637. The van der Waals surface area contributed by atoms with E-state index in [4.69, 9.17) is 11.6 Å². The molecule has 3 aromatic rings. The molecule has 3 rings (SSSR count). The number of hydrogen-bond donors (Lipinski definition) is 1. The molecule has 0 unspecified atom stereocenters. The summed E-state index contributed by atoms with van der Waals surface area (Å²) in [7, 11) is 0. The van der Waals surface area contributed by atoms with Crippen molar-refractivity contribution in [1.82, 2.24) is 9.97 Å². The number of H-pyrrole nitrogens is 1. The summed E-state index contributed by atoms with van der Waals surface area (Å²) in [6, 6.07) is 12.2. The monoisotopic (exact) mass is 242 g/mol. The van der Waals surface area contributed by atoms with Gasteiger partial charge in [0.05, 0.1) is 5.52 Å². The van der Waals surface area contributed by atoms with Gasteiger partial charge in [-0.15, -0.1) is 0 Å². The normalized spacial score (nSPS) is 10.9. The molecule has 0 saturated heterocycles. The van der Waals surface area contributed by atoms with Crippen molar-refractivity contribution < 1.29 is 0 Å². The van der Waals surface area contributed by atoms with Crippen molar-refractivity contribution in [3.8, 4) is 11.3 Å². The fourth-order valence-corrected chi connectivity index (χ4v) is 2.18. The summed E-state index contributed by atoms with van der Waals surface area (Å²) in [6.45, 7) is 2.10. The molecule has 2 aromatic heterocycles. The maximum Gasteiger partial charge on any atom is 0.131 e. The molecule has 1 aromatic carbocycles. The van der Waals surface area contributed by atoms with Crippen molar-refractivity contribution in [1.29, 1.82) is 0 Å². The van der Waals surface area contributed by atoms with Crippen LogP contribution in [0.5, 0.6) is 0 Å². The Morgan fingerprint density at radius 1 is 1.18 bits per heavy atom. The first-order chi connectivity index (χ1) is 8.24. The van der Waals surface area contributed by atoms with Crippen LogP contribution in [0.25, 0.3) is 22.2 Å². The molecular formula is C14H11ClN2. The molecular weight excluding hydrogens is 232 g/mol. The molecule has 84 valence electrons. The first kappa shape index (κ1) is 10.4. The van der Waals surface area contributed by atoms with Crippen molar-refractivity contribution in [2.45, 2.75) is 6.92 Å². The molecule has 0 fully saturated rings. The van der Waals surface area contributed by atoms with E-state index in [0.717, 1.165) is 16.6 Å². The van der Waals surface area contributed by atoms with Gasteiger partial charge in [0, 0.05) is 22.8 Å². The van der Waals surface area contributed by atoms with E-state index in [1.165, 1.54) is 11.1 Å². The molecule has 3 heteroatoms. The van der Waals surface area contributed by atoms with Gasteiger partial charge in [-0.2, -0.15) is 0 Å². The second kappa shape index (κ2) is 3.90. The number of halogens is 1. The van der Waals surface area contributed by atoms with Gasteiger partial charge in [0.1, 0.15) is 5.15 Å². The molecule has 2 heterocycles. The third-order valence-corrected chi connectivity index (χ3v) is 3.11. The number of rotatable bonds is 1. The molecule has 0 radical (unpaired) electrons. The Hall–Kier alpha value is -1.80. The zero-order valence-corrected chi connectivity index (χ0v) is 10.1. The first-order valence-electron chi connectivity index (χ1n) is 5.44. The van der Waals surface area contributed by atoms with Crippen molar-refractivity contribution in [3.05, 3.63) is 53.3 Å². The van der Waals surface area contributed by atoms with E-state index >= 15 is 0 Å². The summed E-state index contributed by atoms with van der Waals surface area (Å²) in [4.78, 5) is 7.45. The minimum atomic E-state index is 0.510. The lowest BCUT2D eigenvalue weighted by atomic mass is 10.1. The topological polar surface area (TPSA) is 28.7 Å². The molecule has 17 heavy (non-hydrogen) atoms. The third kappa shape index (κ3) is 1.81. The van der Waals surface area contributed by atoms with Crippen LogP contribution in [-0.4, -0.2) is 9.97 Å². The first-order valence-corrected chi connectivity index (χ1v) is 5.82. The number of nitrogens with one attached hydrogen (secondary N) is 1. The van der Waals surface area contributed by atoms with Crippen LogP contribution >= 0.6 is 11.6 Å². The Balaban J connectivity index is 2.22. The predicted octanol–water partition coefficient (Wildman–Crippen LogP) is 4.19. The lowest BCUT2D eigenvalue weighted by Gasteiger charge is -2.01. The Morgan fingerprint density at radius 2 is 2.00 bits per heavy atom. The van der Waals surface area contributed by atoms with E-state index < -0.39 is 0 Å².